The standard InChI is InChI=1S/C22H16ClF3N4O/c23-17-10-13(22(24,25)26)11-19-20(17)30-21(29-19)28-14-1-3-15(4-2-14)31-16-5-6-18-12(9-16)7-8-27-18/h1-6,9-11,27H,7-8H2,(H2,28,29,30). The number of fused-ring (bicyclic) bond motifs is 2. The van der Waals surface area contributed by atoms with Crippen LogP contribution in [0.25, 0.3) is 11.0 Å². The van der Waals surface area contributed by atoms with Crippen molar-refractivity contribution in [2.45, 2.75) is 12.6 Å². The molecular weight excluding hydrogens is 429 g/mol. The third-order valence-electron chi connectivity index (χ3n) is 5.01. The van der Waals surface area contributed by atoms with E-state index in [9.17, 15) is 13.2 Å². The van der Waals surface area contributed by atoms with Crippen molar-refractivity contribution >= 4 is 40.0 Å². The van der Waals surface area contributed by atoms with Crippen molar-refractivity contribution in [3.05, 3.63) is 70.7 Å². The average Bonchev–Trinajstić information content (AvgIpc) is 3.35. The van der Waals surface area contributed by atoms with Gasteiger partial charge < -0.3 is 20.4 Å². The summed E-state index contributed by atoms with van der Waals surface area (Å²) in [6.07, 6.45) is -3.51. The molecule has 158 valence electrons. The van der Waals surface area contributed by atoms with Gasteiger partial charge >= 0.3 is 6.18 Å². The Morgan fingerprint density at radius 2 is 1.77 bits per heavy atom. The second kappa shape index (κ2) is 7.39. The Labute approximate surface area is 180 Å². The molecule has 1 aromatic heterocycles. The Balaban J connectivity index is 1.32. The summed E-state index contributed by atoms with van der Waals surface area (Å²) in [5.41, 5.74) is 2.70. The molecule has 0 amide bonds. The Kier molecular flexibility index (Phi) is 4.66. The van der Waals surface area contributed by atoms with E-state index in [0.29, 0.717) is 11.4 Å². The van der Waals surface area contributed by atoms with Gasteiger partial charge in [0, 0.05) is 17.9 Å². The van der Waals surface area contributed by atoms with Gasteiger partial charge in [-0.05, 0) is 66.6 Å². The number of nitrogens with one attached hydrogen (secondary N) is 3. The summed E-state index contributed by atoms with van der Waals surface area (Å²) < 4.78 is 44.9. The molecule has 1 aliphatic rings. The minimum atomic E-state index is -4.48. The molecule has 0 spiro atoms. The van der Waals surface area contributed by atoms with Crippen LogP contribution in [-0.4, -0.2) is 16.5 Å². The topological polar surface area (TPSA) is 62.0 Å². The first-order valence-electron chi connectivity index (χ1n) is 9.53. The van der Waals surface area contributed by atoms with E-state index in [0.717, 1.165) is 36.5 Å². The molecule has 4 aromatic rings. The predicted octanol–water partition coefficient (Wildman–Crippen LogP) is 6.74. The largest absolute Gasteiger partial charge is 0.457 e. The Hall–Kier alpha value is -3.39. The molecule has 0 fully saturated rings. The van der Waals surface area contributed by atoms with Gasteiger partial charge in [0.15, 0.2) is 0 Å². The first kappa shape index (κ1) is 19.6. The fraction of sp³-hybridized carbons (Fsp3) is 0.136. The van der Waals surface area contributed by atoms with E-state index in [-0.39, 0.29) is 22.0 Å². The Morgan fingerprint density at radius 3 is 2.55 bits per heavy atom. The van der Waals surface area contributed by atoms with Crippen molar-refractivity contribution in [3.8, 4) is 11.5 Å². The van der Waals surface area contributed by atoms with E-state index >= 15 is 0 Å². The molecule has 0 saturated carbocycles. The molecule has 5 nitrogen and oxygen atoms in total. The molecule has 0 bridgehead atoms. The van der Waals surface area contributed by atoms with Gasteiger partial charge in [0.05, 0.1) is 16.1 Å². The highest BCUT2D eigenvalue weighted by atomic mass is 35.5. The molecule has 0 unspecified atom stereocenters. The SMILES string of the molecule is FC(F)(F)c1cc(Cl)c2nc(Nc3ccc(Oc4ccc5c(c4)CCN5)cc3)[nH]c2c1. The van der Waals surface area contributed by atoms with Crippen LogP contribution in [0.15, 0.2) is 54.6 Å². The van der Waals surface area contributed by atoms with Crippen LogP contribution in [0, 0.1) is 0 Å². The third-order valence-corrected chi connectivity index (χ3v) is 5.29. The van der Waals surface area contributed by atoms with Gasteiger partial charge in [0.2, 0.25) is 5.95 Å². The number of alkyl halides is 3. The van der Waals surface area contributed by atoms with Crippen LogP contribution >= 0.6 is 11.6 Å². The zero-order valence-corrected chi connectivity index (χ0v) is 16.7. The van der Waals surface area contributed by atoms with Crippen LogP contribution in [0.3, 0.4) is 0 Å². The monoisotopic (exact) mass is 444 g/mol. The van der Waals surface area contributed by atoms with Crippen LogP contribution in [0.4, 0.5) is 30.5 Å². The number of rotatable bonds is 4. The predicted molar refractivity (Wildman–Crippen MR) is 115 cm³/mol. The van der Waals surface area contributed by atoms with Gasteiger partial charge in [-0.2, -0.15) is 13.2 Å². The van der Waals surface area contributed by atoms with Crippen molar-refractivity contribution in [1.29, 1.82) is 0 Å². The van der Waals surface area contributed by atoms with Crippen molar-refractivity contribution < 1.29 is 17.9 Å². The Morgan fingerprint density at radius 1 is 1.00 bits per heavy atom. The van der Waals surface area contributed by atoms with Crippen molar-refractivity contribution in [2.24, 2.45) is 0 Å². The second-order valence-corrected chi connectivity index (χ2v) is 7.59. The lowest BCUT2D eigenvalue weighted by molar-refractivity contribution is -0.137. The van der Waals surface area contributed by atoms with Crippen molar-refractivity contribution in [1.82, 2.24) is 9.97 Å². The number of aromatic amines is 1. The highest BCUT2D eigenvalue weighted by molar-refractivity contribution is 6.35. The quantitative estimate of drug-likeness (QED) is 0.326. The fourth-order valence-electron chi connectivity index (χ4n) is 3.52. The van der Waals surface area contributed by atoms with Gasteiger partial charge in [0.1, 0.15) is 17.0 Å². The number of nitrogens with zero attached hydrogens (tertiary/aromatic N) is 1. The van der Waals surface area contributed by atoms with E-state index < -0.39 is 11.7 Å². The molecule has 0 saturated heterocycles. The maximum atomic E-state index is 13.0. The van der Waals surface area contributed by atoms with Crippen LogP contribution in [0.1, 0.15) is 11.1 Å². The molecule has 0 aliphatic carbocycles. The maximum absolute atomic E-state index is 13.0. The van der Waals surface area contributed by atoms with Crippen LogP contribution < -0.4 is 15.4 Å². The average molecular weight is 445 g/mol. The second-order valence-electron chi connectivity index (χ2n) is 7.18. The molecule has 3 aromatic carbocycles. The van der Waals surface area contributed by atoms with Crippen LogP contribution in [-0.2, 0) is 12.6 Å². The zero-order valence-electron chi connectivity index (χ0n) is 16.0. The normalized spacial score (nSPS) is 13.2. The number of halogens is 4. The number of imidazole rings is 1. The zero-order chi connectivity index (χ0) is 21.6. The first-order chi connectivity index (χ1) is 14.8. The molecule has 5 rings (SSSR count). The lowest BCUT2D eigenvalue weighted by Gasteiger charge is -2.09. The van der Waals surface area contributed by atoms with Crippen LogP contribution in [0.5, 0.6) is 11.5 Å². The summed E-state index contributed by atoms with van der Waals surface area (Å²) in [5.74, 6) is 1.71. The molecule has 0 atom stereocenters. The highest BCUT2D eigenvalue weighted by Gasteiger charge is 2.31. The van der Waals surface area contributed by atoms with E-state index in [2.05, 4.69) is 20.6 Å². The molecule has 2 heterocycles. The summed E-state index contributed by atoms with van der Waals surface area (Å²) >= 11 is 5.99. The molecule has 9 heteroatoms. The van der Waals surface area contributed by atoms with Gasteiger partial charge in [-0.15, -0.1) is 0 Å². The fourth-order valence-corrected chi connectivity index (χ4v) is 3.78. The summed E-state index contributed by atoms with van der Waals surface area (Å²) in [5, 5.41) is 6.27. The van der Waals surface area contributed by atoms with Gasteiger partial charge in [-0.25, -0.2) is 4.98 Å². The summed E-state index contributed by atoms with van der Waals surface area (Å²) in [6.45, 7) is 0.934. The van der Waals surface area contributed by atoms with Gasteiger partial charge in [0.25, 0.3) is 0 Å². The number of hydrogen-bond donors (Lipinski definition) is 3. The molecule has 3 N–H and O–H groups in total. The number of H-pyrrole nitrogens is 1. The van der Waals surface area contributed by atoms with Crippen molar-refractivity contribution in [2.75, 3.05) is 17.2 Å². The van der Waals surface area contributed by atoms with E-state index in [1.165, 1.54) is 5.56 Å². The molecule has 1 aliphatic heterocycles. The van der Waals surface area contributed by atoms with E-state index in [1.54, 1.807) is 24.3 Å². The molecule has 31 heavy (non-hydrogen) atoms. The Bertz CT molecular complexity index is 1270. The molecule has 0 radical (unpaired) electrons. The number of ether oxygens (including phenoxy) is 1. The van der Waals surface area contributed by atoms with Crippen LogP contribution in [0.2, 0.25) is 5.02 Å². The number of benzene rings is 3. The summed E-state index contributed by atoms with van der Waals surface area (Å²) in [6, 6.07) is 15.0. The van der Waals surface area contributed by atoms with Crippen molar-refractivity contribution in [3.63, 3.8) is 0 Å². The summed E-state index contributed by atoms with van der Waals surface area (Å²) in [7, 11) is 0. The smallest absolute Gasteiger partial charge is 0.416 e. The lowest BCUT2D eigenvalue weighted by atomic mass is 10.1. The molecular formula is C22H16ClF3N4O. The number of anilines is 3. The van der Waals surface area contributed by atoms with Gasteiger partial charge in [-0.1, -0.05) is 11.6 Å². The minimum Gasteiger partial charge on any atom is -0.457 e. The lowest BCUT2D eigenvalue weighted by Crippen LogP contribution is -2.04. The number of aromatic nitrogens is 2. The first-order valence-corrected chi connectivity index (χ1v) is 9.91. The van der Waals surface area contributed by atoms with E-state index in [1.807, 2.05) is 18.2 Å². The van der Waals surface area contributed by atoms with Gasteiger partial charge in [-0.3, -0.25) is 0 Å². The maximum Gasteiger partial charge on any atom is 0.416 e. The highest BCUT2D eigenvalue weighted by Crippen LogP contribution is 2.35. The minimum absolute atomic E-state index is 0.0672. The van der Waals surface area contributed by atoms with E-state index in [4.69, 9.17) is 16.3 Å². The number of hydrogen-bond acceptors (Lipinski definition) is 4. The summed E-state index contributed by atoms with van der Waals surface area (Å²) in [4.78, 5) is 7.08. The third kappa shape index (κ3) is 3.98.